The van der Waals surface area contributed by atoms with E-state index in [9.17, 15) is 9.59 Å². The van der Waals surface area contributed by atoms with Gasteiger partial charge in [-0.05, 0) is 0 Å². The Bertz CT molecular complexity index is 333. The summed E-state index contributed by atoms with van der Waals surface area (Å²) in [6, 6.07) is 0. The van der Waals surface area contributed by atoms with Crippen LogP contribution in [0.1, 0.15) is 41.5 Å². The van der Waals surface area contributed by atoms with Gasteiger partial charge in [-0.2, -0.15) is 0 Å². The Morgan fingerprint density at radius 1 is 0.864 bits per heavy atom. The van der Waals surface area contributed by atoms with E-state index in [1.807, 2.05) is 41.5 Å². The molecule has 0 radical (unpaired) electrons. The molecule has 0 aliphatic rings. The smallest absolute Gasteiger partial charge is 0.252 e. The Morgan fingerprint density at radius 2 is 1.18 bits per heavy atom. The van der Waals surface area contributed by atoms with Gasteiger partial charge in [0.05, 0.1) is 13.2 Å². The van der Waals surface area contributed by atoms with Gasteiger partial charge in [-0.15, -0.1) is 0 Å². The van der Waals surface area contributed by atoms with Crippen LogP contribution in [0.15, 0.2) is 0 Å². The fraction of sp³-hybridized carbons (Fsp3) is 0.857. The maximum atomic E-state index is 11.7. The summed E-state index contributed by atoms with van der Waals surface area (Å²) in [6.45, 7) is 12.1. The Morgan fingerprint density at radius 3 is 1.45 bits per heavy atom. The first-order chi connectivity index (χ1) is 9.94. The summed E-state index contributed by atoms with van der Waals surface area (Å²) in [7, 11) is -1.45. The molecule has 5 nitrogen and oxygen atoms in total. The van der Waals surface area contributed by atoms with E-state index in [-0.39, 0.29) is 21.1 Å². The molecule has 0 saturated carbocycles. The van der Waals surface area contributed by atoms with E-state index in [0.717, 1.165) is 0 Å². The fourth-order valence-corrected chi connectivity index (χ4v) is 3.43. The van der Waals surface area contributed by atoms with Crippen molar-refractivity contribution in [1.82, 2.24) is 0 Å². The molecule has 0 spiro atoms. The number of hydrogen-bond donors (Lipinski definition) is 1. The summed E-state index contributed by atoms with van der Waals surface area (Å²) in [6.07, 6.45) is 0. The molecule has 0 aliphatic carbocycles. The molecule has 0 rings (SSSR count). The SMILES string of the molecule is CC(C)(C)C(=O)SCCOP(N)OCCSC(=O)C(C)(C)C. The third-order valence-electron chi connectivity index (χ3n) is 2.29. The van der Waals surface area contributed by atoms with Crippen molar-refractivity contribution in [3.8, 4) is 0 Å². The molecule has 22 heavy (non-hydrogen) atoms. The highest BCUT2D eigenvalue weighted by Crippen LogP contribution is 2.30. The molecular formula is C14H28NO4PS2. The zero-order valence-electron chi connectivity index (χ0n) is 14.3. The van der Waals surface area contributed by atoms with Crippen molar-refractivity contribution in [3.05, 3.63) is 0 Å². The van der Waals surface area contributed by atoms with E-state index < -0.39 is 8.53 Å². The zero-order chi connectivity index (χ0) is 17.4. The Kier molecular flexibility index (Phi) is 10.4. The Balaban J connectivity index is 3.65. The topological polar surface area (TPSA) is 78.6 Å². The molecule has 0 aromatic rings. The molecule has 0 unspecified atom stereocenters. The van der Waals surface area contributed by atoms with Crippen molar-refractivity contribution < 1.29 is 18.6 Å². The van der Waals surface area contributed by atoms with Crippen molar-refractivity contribution >= 4 is 42.3 Å². The molecule has 0 aliphatic heterocycles. The molecule has 0 aromatic carbocycles. The quantitative estimate of drug-likeness (QED) is 0.515. The van der Waals surface area contributed by atoms with E-state index in [1.54, 1.807) is 0 Å². The van der Waals surface area contributed by atoms with Crippen molar-refractivity contribution in [2.45, 2.75) is 41.5 Å². The van der Waals surface area contributed by atoms with Gasteiger partial charge in [-0.3, -0.25) is 15.1 Å². The second kappa shape index (κ2) is 10.3. The van der Waals surface area contributed by atoms with Gasteiger partial charge in [0, 0.05) is 22.3 Å². The summed E-state index contributed by atoms with van der Waals surface area (Å²) in [5.41, 5.74) is 5.03. The van der Waals surface area contributed by atoms with Gasteiger partial charge in [-0.1, -0.05) is 65.1 Å². The molecular weight excluding hydrogens is 341 g/mol. The summed E-state index contributed by atoms with van der Waals surface area (Å²) in [5.74, 6) is 1.12. The maximum Gasteiger partial charge on any atom is 0.252 e. The number of carbonyl (C=O) groups is 2. The van der Waals surface area contributed by atoms with E-state index in [1.165, 1.54) is 23.5 Å². The first-order valence-electron chi connectivity index (χ1n) is 7.09. The summed E-state index contributed by atoms with van der Waals surface area (Å²) in [5, 5.41) is 0.269. The molecule has 8 heteroatoms. The summed E-state index contributed by atoms with van der Waals surface area (Å²) >= 11 is 2.49. The number of hydrogen-bond acceptors (Lipinski definition) is 7. The van der Waals surface area contributed by atoms with Crippen LogP contribution in [0.4, 0.5) is 0 Å². The average Bonchev–Trinajstić information content (AvgIpc) is 2.36. The second-order valence-electron chi connectivity index (χ2n) is 6.72. The fourth-order valence-electron chi connectivity index (χ4n) is 0.993. The number of carbonyl (C=O) groups excluding carboxylic acids is 2. The summed E-state index contributed by atoms with van der Waals surface area (Å²) < 4.78 is 10.7. The van der Waals surface area contributed by atoms with Crippen molar-refractivity contribution in [2.75, 3.05) is 24.7 Å². The predicted molar refractivity (Wildman–Crippen MR) is 96.9 cm³/mol. The minimum atomic E-state index is -1.45. The minimum absolute atomic E-state index is 0.135. The first kappa shape index (κ1) is 22.4. The number of rotatable bonds is 8. The lowest BCUT2D eigenvalue weighted by Crippen LogP contribution is -2.18. The van der Waals surface area contributed by atoms with Gasteiger partial charge in [0.15, 0.2) is 10.2 Å². The van der Waals surface area contributed by atoms with Gasteiger partial charge < -0.3 is 9.05 Å². The van der Waals surface area contributed by atoms with Crippen LogP contribution in [-0.4, -0.2) is 35.0 Å². The lowest BCUT2D eigenvalue weighted by molar-refractivity contribution is -0.118. The Labute approximate surface area is 143 Å². The third kappa shape index (κ3) is 11.0. The number of nitrogens with two attached hydrogens (primary N) is 1. The number of thioether (sulfide) groups is 2. The highest BCUT2D eigenvalue weighted by molar-refractivity contribution is 8.14. The van der Waals surface area contributed by atoms with E-state index >= 15 is 0 Å². The molecule has 0 amide bonds. The van der Waals surface area contributed by atoms with Gasteiger partial charge in [0.2, 0.25) is 0 Å². The molecule has 2 N–H and O–H groups in total. The maximum absolute atomic E-state index is 11.7. The van der Waals surface area contributed by atoms with Gasteiger partial charge >= 0.3 is 0 Å². The van der Waals surface area contributed by atoms with E-state index in [0.29, 0.717) is 24.7 Å². The third-order valence-corrected chi connectivity index (χ3v) is 5.66. The van der Waals surface area contributed by atoms with Crippen LogP contribution in [-0.2, 0) is 18.6 Å². The first-order valence-corrected chi connectivity index (χ1v) is 10.3. The molecule has 0 bridgehead atoms. The van der Waals surface area contributed by atoms with Gasteiger partial charge in [0.25, 0.3) is 8.53 Å². The van der Waals surface area contributed by atoms with Crippen LogP contribution in [0.5, 0.6) is 0 Å². The van der Waals surface area contributed by atoms with Crippen LogP contribution in [0.25, 0.3) is 0 Å². The highest BCUT2D eigenvalue weighted by atomic mass is 32.2. The van der Waals surface area contributed by atoms with Crippen molar-refractivity contribution in [3.63, 3.8) is 0 Å². The molecule has 0 fully saturated rings. The molecule has 0 atom stereocenters. The minimum Gasteiger partial charge on any atom is -0.321 e. The van der Waals surface area contributed by atoms with Gasteiger partial charge in [0.1, 0.15) is 0 Å². The predicted octanol–water partition coefficient (Wildman–Crippen LogP) is 3.82. The lowest BCUT2D eigenvalue weighted by Gasteiger charge is -2.17. The van der Waals surface area contributed by atoms with E-state index in [4.69, 9.17) is 14.6 Å². The summed E-state index contributed by atoms with van der Waals surface area (Å²) in [4.78, 5) is 23.4. The van der Waals surface area contributed by atoms with Crippen LogP contribution >= 0.6 is 32.0 Å². The van der Waals surface area contributed by atoms with Crippen LogP contribution in [0.3, 0.4) is 0 Å². The lowest BCUT2D eigenvalue weighted by atomic mass is 9.99. The second-order valence-corrected chi connectivity index (χ2v) is 9.95. The monoisotopic (exact) mass is 369 g/mol. The van der Waals surface area contributed by atoms with Crippen molar-refractivity contribution in [1.29, 1.82) is 0 Å². The molecule has 130 valence electrons. The van der Waals surface area contributed by atoms with E-state index in [2.05, 4.69) is 0 Å². The average molecular weight is 369 g/mol. The molecule has 0 heterocycles. The normalized spacial score (nSPS) is 12.7. The van der Waals surface area contributed by atoms with Crippen LogP contribution in [0, 0.1) is 10.8 Å². The molecule has 0 saturated heterocycles. The van der Waals surface area contributed by atoms with Crippen molar-refractivity contribution in [2.24, 2.45) is 16.3 Å². The molecule has 0 aromatic heterocycles. The highest BCUT2D eigenvalue weighted by Gasteiger charge is 2.22. The zero-order valence-corrected chi connectivity index (χ0v) is 16.8. The van der Waals surface area contributed by atoms with Crippen LogP contribution in [0.2, 0.25) is 0 Å². The standard InChI is InChI=1S/C14H28NO4PS2/c1-13(2,3)11(16)21-9-7-18-20(15)19-8-10-22-12(17)14(4,5)6/h7-10,15H2,1-6H3. The van der Waals surface area contributed by atoms with Gasteiger partial charge in [-0.25, -0.2) is 0 Å². The Hall–Kier alpha value is 0.350. The largest absolute Gasteiger partial charge is 0.321 e. The van der Waals surface area contributed by atoms with Crippen LogP contribution < -0.4 is 5.50 Å².